The van der Waals surface area contributed by atoms with Crippen LogP contribution >= 0.6 is 0 Å². The monoisotopic (exact) mass is 293 g/mol. The highest BCUT2D eigenvalue weighted by atomic mass is 16.4. The van der Waals surface area contributed by atoms with E-state index in [9.17, 15) is 15.0 Å². The second-order valence-corrected chi connectivity index (χ2v) is 5.89. The van der Waals surface area contributed by atoms with Gasteiger partial charge in [0.2, 0.25) is 0 Å². The van der Waals surface area contributed by atoms with E-state index in [0.717, 1.165) is 31.5 Å². The fourth-order valence-electron chi connectivity index (χ4n) is 3.08. The van der Waals surface area contributed by atoms with Gasteiger partial charge in [-0.1, -0.05) is 0 Å². The van der Waals surface area contributed by atoms with Crippen molar-refractivity contribution in [3.8, 4) is 11.5 Å². The number of phenols is 2. The average molecular weight is 293 g/mol. The fourth-order valence-corrected chi connectivity index (χ4v) is 3.08. The third-order valence-corrected chi connectivity index (χ3v) is 4.27. The van der Waals surface area contributed by atoms with Crippen LogP contribution in [0.25, 0.3) is 0 Å². The molecule has 0 amide bonds. The molecule has 0 saturated carbocycles. The van der Waals surface area contributed by atoms with Gasteiger partial charge < -0.3 is 15.3 Å². The molecule has 2 rings (SSSR count). The highest BCUT2D eigenvalue weighted by Crippen LogP contribution is 2.31. The van der Waals surface area contributed by atoms with E-state index in [1.165, 1.54) is 6.07 Å². The molecule has 1 heterocycles. The molecule has 5 heteroatoms. The van der Waals surface area contributed by atoms with Gasteiger partial charge in [-0.15, -0.1) is 0 Å². The molecule has 1 saturated heterocycles. The summed E-state index contributed by atoms with van der Waals surface area (Å²) in [4.78, 5) is 13.0. The van der Waals surface area contributed by atoms with Crippen molar-refractivity contribution in [2.24, 2.45) is 5.92 Å². The molecule has 21 heavy (non-hydrogen) atoms. The molecule has 0 aliphatic carbocycles. The minimum Gasteiger partial charge on any atom is -0.508 e. The molecule has 3 N–H and O–H groups in total. The predicted molar refractivity (Wildman–Crippen MR) is 79.4 cm³/mol. The minimum absolute atomic E-state index is 0.0660. The molecule has 0 spiro atoms. The number of likely N-dealkylation sites (tertiary alicyclic amines) is 1. The zero-order chi connectivity index (χ0) is 15.4. The fraction of sp³-hybridized carbons (Fsp3) is 0.562. The van der Waals surface area contributed by atoms with Crippen LogP contribution in [0.1, 0.15) is 44.2 Å². The van der Waals surface area contributed by atoms with Gasteiger partial charge in [-0.3, -0.25) is 9.69 Å². The predicted octanol–water partition coefficient (Wildman–Crippen LogP) is 2.74. The zero-order valence-corrected chi connectivity index (χ0v) is 12.3. The summed E-state index contributed by atoms with van der Waals surface area (Å²) >= 11 is 0. The van der Waals surface area contributed by atoms with Crippen LogP contribution in [0.15, 0.2) is 18.2 Å². The van der Waals surface area contributed by atoms with Crippen molar-refractivity contribution < 1.29 is 20.1 Å². The van der Waals surface area contributed by atoms with Gasteiger partial charge in [-0.2, -0.15) is 0 Å². The van der Waals surface area contributed by atoms with Crippen LogP contribution < -0.4 is 0 Å². The number of carboxylic acid groups (broad SMARTS) is 1. The van der Waals surface area contributed by atoms with Crippen molar-refractivity contribution >= 4 is 5.97 Å². The second kappa shape index (κ2) is 6.80. The van der Waals surface area contributed by atoms with Gasteiger partial charge in [0, 0.05) is 25.1 Å². The molecule has 116 valence electrons. The maximum atomic E-state index is 10.7. The summed E-state index contributed by atoms with van der Waals surface area (Å²) < 4.78 is 0. The molecule has 1 fully saturated rings. The Hall–Kier alpha value is -1.75. The average Bonchev–Trinajstić information content (AvgIpc) is 2.43. The number of phenolic OH excluding ortho intramolecular Hbond substituents is 2. The number of rotatable bonds is 5. The molecule has 2 atom stereocenters. The van der Waals surface area contributed by atoms with E-state index in [1.54, 1.807) is 12.1 Å². The van der Waals surface area contributed by atoms with Gasteiger partial charge in [0.25, 0.3) is 0 Å². The van der Waals surface area contributed by atoms with Gasteiger partial charge >= 0.3 is 5.97 Å². The van der Waals surface area contributed by atoms with E-state index in [0.29, 0.717) is 12.3 Å². The molecule has 1 aromatic carbocycles. The summed E-state index contributed by atoms with van der Waals surface area (Å²) in [6.07, 6.45) is 3.06. The summed E-state index contributed by atoms with van der Waals surface area (Å²) in [7, 11) is 0. The lowest BCUT2D eigenvalue weighted by Crippen LogP contribution is -2.37. The Balaban J connectivity index is 2.01. The van der Waals surface area contributed by atoms with Crippen LogP contribution in [-0.4, -0.2) is 39.3 Å². The highest BCUT2D eigenvalue weighted by Gasteiger charge is 2.25. The Morgan fingerprint density at radius 1 is 1.33 bits per heavy atom. The van der Waals surface area contributed by atoms with Crippen LogP contribution in [0.2, 0.25) is 0 Å². The molecule has 2 unspecified atom stereocenters. The maximum Gasteiger partial charge on any atom is 0.303 e. The summed E-state index contributed by atoms with van der Waals surface area (Å²) in [6, 6.07) is 4.76. The summed E-state index contributed by atoms with van der Waals surface area (Å²) in [5.74, 6) is -0.200. The SMILES string of the molecule is CC(c1cc(O)cc(O)c1)N1CCCC(CCC(=O)O)C1. The first-order valence-electron chi connectivity index (χ1n) is 7.44. The van der Waals surface area contributed by atoms with Gasteiger partial charge in [-0.25, -0.2) is 0 Å². The quantitative estimate of drug-likeness (QED) is 0.777. The third-order valence-electron chi connectivity index (χ3n) is 4.27. The lowest BCUT2D eigenvalue weighted by molar-refractivity contribution is -0.137. The van der Waals surface area contributed by atoms with E-state index < -0.39 is 5.97 Å². The number of hydrogen-bond acceptors (Lipinski definition) is 4. The Morgan fingerprint density at radius 3 is 2.62 bits per heavy atom. The standard InChI is InChI=1S/C16H23NO4/c1-11(13-7-14(18)9-15(19)8-13)17-6-2-3-12(10-17)4-5-16(20)21/h7-9,11-12,18-19H,2-6,10H2,1H3,(H,20,21). The third kappa shape index (κ3) is 4.36. The number of hydrogen-bond donors (Lipinski definition) is 3. The number of piperidine rings is 1. The molecule has 0 radical (unpaired) electrons. The summed E-state index contributed by atoms with van der Waals surface area (Å²) in [5, 5.41) is 28.0. The van der Waals surface area contributed by atoms with Gasteiger partial charge in [0.15, 0.2) is 0 Å². The molecule has 1 aliphatic rings. The Bertz CT molecular complexity index is 483. The van der Waals surface area contributed by atoms with E-state index in [4.69, 9.17) is 5.11 Å². The Morgan fingerprint density at radius 2 is 2.00 bits per heavy atom. The maximum absolute atomic E-state index is 10.7. The largest absolute Gasteiger partial charge is 0.508 e. The minimum atomic E-state index is -0.738. The number of benzene rings is 1. The van der Waals surface area contributed by atoms with Crippen LogP contribution in [-0.2, 0) is 4.79 Å². The van der Waals surface area contributed by atoms with Crippen LogP contribution in [0.4, 0.5) is 0 Å². The number of nitrogens with zero attached hydrogens (tertiary/aromatic N) is 1. The van der Waals surface area contributed by atoms with Crippen LogP contribution in [0.5, 0.6) is 11.5 Å². The molecule has 1 aliphatic heterocycles. The van der Waals surface area contributed by atoms with Gasteiger partial charge in [-0.05, 0) is 56.3 Å². The first kappa shape index (κ1) is 15.6. The van der Waals surface area contributed by atoms with Crippen molar-refractivity contribution in [1.29, 1.82) is 0 Å². The van der Waals surface area contributed by atoms with E-state index in [-0.39, 0.29) is 24.0 Å². The van der Waals surface area contributed by atoms with E-state index in [2.05, 4.69) is 4.90 Å². The molecule has 5 nitrogen and oxygen atoms in total. The van der Waals surface area contributed by atoms with Crippen LogP contribution in [0, 0.1) is 5.92 Å². The number of aromatic hydroxyl groups is 2. The van der Waals surface area contributed by atoms with Crippen molar-refractivity contribution in [2.45, 2.75) is 38.6 Å². The van der Waals surface area contributed by atoms with Gasteiger partial charge in [0.1, 0.15) is 11.5 Å². The van der Waals surface area contributed by atoms with Crippen molar-refractivity contribution in [1.82, 2.24) is 4.90 Å². The first-order valence-corrected chi connectivity index (χ1v) is 7.44. The van der Waals surface area contributed by atoms with Crippen molar-refractivity contribution in [3.05, 3.63) is 23.8 Å². The molecular weight excluding hydrogens is 270 g/mol. The lowest BCUT2D eigenvalue weighted by atomic mass is 9.91. The highest BCUT2D eigenvalue weighted by molar-refractivity contribution is 5.66. The van der Waals surface area contributed by atoms with E-state index >= 15 is 0 Å². The topological polar surface area (TPSA) is 81.0 Å². The lowest BCUT2D eigenvalue weighted by Gasteiger charge is -2.37. The second-order valence-electron chi connectivity index (χ2n) is 5.89. The molecule has 1 aromatic rings. The van der Waals surface area contributed by atoms with Gasteiger partial charge in [0.05, 0.1) is 0 Å². The first-order chi connectivity index (χ1) is 9.95. The molecule has 0 bridgehead atoms. The summed E-state index contributed by atoms with van der Waals surface area (Å²) in [5.41, 5.74) is 0.881. The van der Waals surface area contributed by atoms with Crippen molar-refractivity contribution in [3.63, 3.8) is 0 Å². The smallest absolute Gasteiger partial charge is 0.303 e. The molecular formula is C16H23NO4. The summed E-state index contributed by atoms with van der Waals surface area (Å²) in [6.45, 7) is 3.87. The number of carboxylic acids is 1. The Kier molecular flexibility index (Phi) is 5.07. The normalized spacial score (nSPS) is 21.1. The zero-order valence-electron chi connectivity index (χ0n) is 12.3. The van der Waals surface area contributed by atoms with Crippen LogP contribution in [0.3, 0.4) is 0 Å². The van der Waals surface area contributed by atoms with E-state index in [1.807, 2.05) is 6.92 Å². The number of carbonyl (C=O) groups is 1. The Labute approximate surface area is 124 Å². The number of aliphatic carboxylic acids is 1. The van der Waals surface area contributed by atoms with Crippen molar-refractivity contribution in [2.75, 3.05) is 13.1 Å². The molecule has 0 aromatic heterocycles.